The number of aliphatic hydroxyl groups is 9. The Kier molecular flexibility index (Phi) is 13.9. The SMILES string of the molecule is CC(=O)N[C@H]1C(O)[C@H](O[C@@H]2OC(OC=O)[C@@H](O)C(O)[C@@H]2O)C(CO)O[C@@H]1O[C@@H]1C(OC=O)O[C@@H](O[C@@H]2C(CO)O[C@@H](CN)C2O)[C@@H](O)C1O. The minimum Gasteiger partial charge on any atom is -0.435 e. The number of nitrogens with one attached hydrogen (secondary N) is 1. The van der Waals surface area contributed by atoms with E-state index in [1.165, 1.54) is 0 Å². The Morgan fingerprint density at radius 1 is 0.612 bits per heavy atom. The number of hydrogen-bond donors (Lipinski definition) is 11. The molecule has 0 aliphatic carbocycles. The number of nitrogens with two attached hydrogens (primary N) is 1. The number of rotatable bonds is 14. The van der Waals surface area contributed by atoms with Crippen molar-refractivity contribution in [3.63, 3.8) is 0 Å². The second-order valence-corrected chi connectivity index (χ2v) is 11.5. The van der Waals surface area contributed by atoms with E-state index in [2.05, 4.69) is 10.1 Å². The molecule has 4 aliphatic rings. The van der Waals surface area contributed by atoms with Crippen LogP contribution in [0.5, 0.6) is 0 Å². The first-order valence-electron chi connectivity index (χ1n) is 15.0. The van der Waals surface area contributed by atoms with Crippen molar-refractivity contribution in [1.82, 2.24) is 5.32 Å². The monoisotopic (exact) mass is 718 g/mol. The first-order chi connectivity index (χ1) is 23.3. The van der Waals surface area contributed by atoms with Crippen LogP contribution in [-0.4, -0.2) is 201 Å². The summed E-state index contributed by atoms with van der Waals surface area (Å²) in [6.45, 7) is -0.877. The van der Waals surface area contributed by atoms with Gasteiger partial charge in [0.1, 0.15) is 73.2 Å². The van der Waals surface area contributed by atoms with Crippen molar-refractivity contribution >= 4 is 18.9 Å². The molecule has 0 aromatic carbocycles. The number of hydrogen-bond acceptors (Lipinski definition) is 22. The molecule has 282 valence electrons. The van der Waals surface area contributed by atoms with Crippen LogP contribution in [0.15, 0.2) is 0 Å². The number of carbonyl (C=O) groups excluding carboxylic acids is 3. The van der Waals surface area contributed by atoms with Gasteiger partial charge in [-0.3, -0.25) is 14.4 Å². The van der Waals surface area contributed by atoms with Gasteiger partial charge < -0.3 is 99.6 Å². The maximum absolute atomic E-state index is 12.1. The third-order valence-corrected chi connectivity index (χ3v) is 8.35. The van der Waals surface area contributed by atoms with Crippen LogP contribution in [-0.2, 0) is 57.0 Å². The maximum atomic E-state index is 12.1. The van der Waals surface area contributed by atoms with Crippen molar-refractivity contribution in [2.24, 2.45) is 5.73 Å². The molecule has 0 saturated carbocycles. The van der Waals surface area contributed by atoms with E-state index >= 15 is 0 Å². The van der Waals surface area contributed by atoms with Gasteiger partial charge in [0, 0.05) is 13.5 Å². The molecule has 12 N–H and O–H groups in total. The van der Waals surface area contributed by atoms with E-state index in [1.54, 1.807) is 0 Å². The van der Waals surface area contributed by atoms with E-state index in [4.69, 9.17) is 43.6 Å². The summed E-state index contributed by atoms with van der Waals surface area (Å²) in [5, 5.41) is 96.5. The van der Waals surface area contributed by atoms with Crippen molar-refractivity contribution in [2.45, 2.75) is 124 Å². The molecule has 0 aromatic rings. The van der Waals surface area contributed by atoms with Crippen LogP contribution >= 0.6 is 0 Å². The topological polar surface area (TPSA) is 354 Å². The van der Waals surface area contributed by atoms with Crippen molar-refractivity contribution in [2.75, 3.05) is 19.8 Å². The highest BCUT2D eigenvalue weighted by Gasteiger charge is 2.56. The minimum absolute atomic E-state index is 0.0955. The Morgan fingerprint density at radius 3 is 1.65 bits per heavy atom. The van der Waals surface area contributed by atoms with E-state index in [0.29, 0.717) is 0 Å². The van der Waals surface area contributed by atoms with E-state index < -0.39 is 136 Å². The highest BCUT2D eigenvalue weighted by Crippen LogP contribution is 2.34. The van der Waals surface area contributed by atoms with Crippen LogP contribution in [0, 0.1) is 0 Å². The van der Waals surface area contributed by atoms with E-state index in [0.717, 1.165) is 6.92 Å². The average molecular weight is 719 g/mol. The molecule has 4 aliphatic heterocycles. The third-order valence-electron chi connectivity index (χ3n) is 8.35. The predicted molar refractivity (Wildman–Crippen MR) is 146 cm³/mol. The molecule has 23 heteroatoms. The Balaban J connectivity index is 1.53. The van der Waals surface area contributed by atoms with Crippen LogP contribution in [0.25, 0.3) is 0 Å². The van der Waals surface area contributed by atoms with Gasteiger partial charge in [-0.05, 0) is 0 Å². The molecule has 49 heavy (non-hydrogen) atoms. The second-order valence-electron chi connectivity index (χ2n) is 11.5. The van der Waals surface area contributed by atoms with Crippen LogP contribution in [0.1, 0.15) is 6.92 Å². The lowest BCUT2D eigenvalue weighted by Crippen LogP contribution is -2.69. The molecule has 23 nitrogen and oxygen atoms in total. The summed E-state index contributed by atoms with van der Waals surface area (Å²) < 4.78 is 48.3. The Hall–Kier alpha value is -2.27. The Morgan fingerprint density at radius 2 is 1.10 bits per heavy atom. The van der Waals surface area contributed by atoms with E-state index in [1.807, 2.05) is 0 Å². The normalized spacial score (nSPS) is 47.3. The molecular formula is C26H42N2O21. The van der Waals surface area contributed by atoms with E-state index in [9.17, 15) is 60.3 Å². The zero-order valence-corrected chi connectivity index (χ0v) is 25.7. The first-order valence-corrected chi connectivity index (χ1v) is 15.0. The molecule has 0 bridgehead atoms. The standard InChI is InChI=1S/C26H42N2O21/c1-7(33)28-11-13(35)20(46-24-17(39)14(36)16(38)23(48-24)41-5-31)10(4-30)44-22(11)47-21-15(37)18(40)25(49-26(21)42-6-32)45-19-9(3-29)43-8(2-27)12(19)34/h5-6,8-26,29-30,34-40H,2-4,27H2,1H3,(H,28,33)/t8-,9?,10?,11-,12?,13?,14?,15?,16-,17-,18-,19+,20+,21-,22+,23?,24+,25+,26?/m0/s1. The number of carbonyl (C=O) groups is 3. The number of aliphatic hydroxyl groups excluding tert-OH is 9. The lowest BCUT2D eigenvalue weighted by molar-refractivity contribution is -0.392. The predicted octanol–water partition coefficient (Wildman–Crippen LogP) is -8.68. The average Bonchev–Trinajstić information content (AvgIpc) is 3.38. The fraction of sp³-hybridized carbons (Fsp3) is 0.885. The van der Waals surface area contributed by atoms with Crippen LogP contribution in [0.3, 0.4) is 0 Å². The molecule has 4 saturated heterocycles. The molecule has 0 aromatic heterocycles. The Bertz CT molecular complexity index is 1090. The van der Waals surface area contributed by atoms with Gasteiger partial charge in [0.25, 0.3) is 12.9 Å². The lowest BCUT2D eigenvalue weighted by Gasteiger charge is -2.49. The minimum atomic E-state index is -2.03. The van der Waals surface area contributed by atoms with Gasteiger partial charge in [0.2, 0.25) is 18.5 Å². The van der Waals surface area contributed by atoms with Gasteiger partial charge >= 0.3 is 0 Å². The van der Waals surface area contributed by atoms with Crippen molar-refractivity contribution in [1.29, 1.82) is 0 Å². The molecule has 19 atom stereocenters. The summed E-state index contributed by atoms with van der Waals surface area (Å²) in [5.74, 6) is -0.768. The highest BCUT2D eigenvalue weighted by molar-refractivity contribution is 5.73. The summed E-state index contributed by atoms with van der Waals surface area (Å²) in [6.07, 6.45) is -31.0. The van der Waals surface area contributed by atoms with Gasteiger partial charge in [0.15, 0.2) is 25.0 Å². The summed E-state index contributed by atoms with van der Waals surface area (Å²) >= 11 is 0. The van der Waals surface area contributed by atoms with Gasteiger partial charge in [0.05, 0.1) is 19.3 Å². The summed E-state index contributed by atoms with van der Waals surface area (Å²) in [4.78, 5) is 34.3. The molecule has 0 radical (unpaired) electrons. The van der Waals surface area contributed by atoms with Gasteiger partial charge in [-0.2, -0.15) is 0 Å². The largest absolute Gasteiger partial charge is 0.435 e. The fourth-order valence-electron chi connectivity index (χ4n) is 5.85. The Labute approximate surface area is 276 Å². The summed E-state index contributed by atoms with van der Waals surface area (Å²) in [7, 11) is 0. The first kappa shape index (κ1) is 39.5. The molecule has 4 rings (SSSR count). The van der Waals surface area contributed by atoms with Crippen molar-refractivity contribution in [3.8, 4) is 0 Å². The van der Waals surface area contributed by atoms with Gasteiger partial charge in [-0.1, -0.05) is 0 Å². The molecule has 4 heterocycles. The summed E-state index contributed by atoms with van der Waals surface area (Å²) in [5.41, 5.74) is 5.56. The van der Waals surface area contributed by atoms with Crippen LogP contribution in [0.2, 0.25) is 0 Å². The molecular weight excluding hydrogens is 676 g/mol. The zero-order valence-electron chi connectivity index (χ0n) is 25.7. The molecule has 0 spiro atoms. The fourth-order valence-corrected chi connectivity index (χ4v) is 5.85. The van der Waals surface area contributed by atoms with E-state index in [-0.39, 0.29) is 19.5 Å². The maximum Gasteiger partial charge on any atom is 0.295 e. The van der Waals surface area contributed by atoms with Crippen molar-refractivity contribution < 1.29 is 103 Å². The quantitative estimate of drug-likeness (QED) is 0.0743. The smallest absolute Gasteiger partial charge is 0.295 e. The third kappa shape index (κ3) is 8.45. The van der Waals surface area contributed by atoms with Gasteiger partial charge in [-0.15, -0.1) is 0 Å². The van der Waals surface area contributed by atoms with Crippen molar-refractivity contribution in [3.05, 3.63) is 0 Å². The second kappa shape index (κ2) is 17.3. The molecule has 8 unspecified atom stereocenters. The molecule has 1 amide bonds. The lowest BCUT2D eigenvalue weighted by atomic mass is 9.95. The summed E-state index contributed by atoms with van der Waals surface area (Å²) in [6, 6.07) is -1.64. The van der Waals surface area contributed by atoms with Crippen LogP contribution in [0.4, 0.5) is 0 Å². The molecule has 4 fully saturated rings. The van der Waals surface area contributed by atoms with Crippen LogP contribution < -0.4 is 11.1 Å². The van der Waals surface area contributed by atoms with Gasteiger partial charge in [-0.25, -0.2) is 0 Å². The zero-order chi connectivity index (χ0) is 36.2. The highest BCUT2D eigenvalue weighted by atomic mass is 16.8. The number of amides is 1. The number of ether oxygens (including phenoxy) is 9.